The number of hydrogen-bond acceptors (Lipinski definition) is 5. The van der Waals surface area contributed by atoms with Crippen molar-refractivity contribution in [1.29, 1.82) is 0 Å². The van der Waals surface area contributed by atoms with Crippen molar-refractivity contribution in [2.24, 2.45) is 0 Å². The lowest BCUT2D eigenvalue weighted by Gasteiger charge is -2.14. The normalized spacial score (nSPS) is 13.2. The molecule has 2 aromatic rings. The van der Waals surface area contributed by atoms with E-state index in [1.807, 2.05) is 31.2 Å². The molecule has 8 heteroatoms. The minimum Gasteiger partial charge on any atom is -0.348 e. The largest absolute Gasteiger partial charge is 0.348 e. The highest BCUT2D eigenvalue weighted by atomic mass is 35.5. The maximum atomic E-state index is 12.4. The third-order valence-corrected chi connectivity index (χ3v) is 5.37. The van der Waals surface area contributed by atoms with Gasteiger partial charge in [0.1, 0.15) is 0 Å². The molecule has 1 aliphatic rings. The number of rotatable bonds is 6. The number of nitrogens with one attached hydrogen (secondary N) is 2. The molecule has 0 spiro atoms. The summed E-state index contributed by atoms with van der Waals surface area (Å²) in [6.45, 7) is 4.16. The molecule has 0 atom stereocenters. The van der Waals surface area contributed by atoms with Crippen molar-refractivity contribution in [2.75, 3.05) is 19.6 Å². The molecule has 0 bridgehead atoms. The number of hydrogen-bond donors (Lipinski definition) is 2. The predicted octanol–water partition coefficient (Wildman–Crippen LogP) is 4.13. The Labute approximate surface area is 174 Å². The summed E-state index contributed by atoms with van der Waals surface area (Å²) in [5.74, 6) is -0.301. The zero-order chi connectivity index (χ0) is 19.2. The van der Waals surface area contributed by atoms with Crippen molar-refractivity contribution in [3.8, 4) is 0 Å². The molecule has 148 valence electrons. The van der Waals surface area contributed by atoms with Crippen LogP contribution >= 0.6 is 24.2 Å². The van der Waals surface area contributed by atoms with Gasteiger partial charge in [-0.2, -0.15) is 0 Å². The Morgan fingerprint density at radius 3 is 2.64 bits per heavy atom. The van der Waals surface area contributed by atoms with E-state index >= 15 is 0 Å². The Morgan fingerprint density at radius 1 is 1.25 bits per heavy atom. The van der Waals surface area contributed by atoms with E-state index in [9.17, 15) is 14.9 Å². The first kappa shape index (κ1) is 21.9. The summed E-state index contributed by atoms with van der Waals surface area (Å²) in [6.07, 6.45) is 2.96. The summed E-state index contributed by atoms with van der Waals surface area (Å²) in [5, 5.41) is 17.6. The maximum absolute atomic E-state index is 12.4. The van der Waals surface area contributed by atoms with Crippen molar-refractivity contribution in [3.63, 3.8) is 0 Å². The van der Waals surface area contributed by atoms with Crippen molar-refractivity contribution in [2.45, 2.75) is 23.1 Å². The molecule has 6 nitrogen and oxygen atoms in total. The highest BCUT2D eigenvalue weighted by Gasteiger charge is 2.18. The van der Waals surface area contributed by atoms with Gasteiger partial charge in [-0.3, -0.25) is 14.9 Å². The first-order valence-electron chi connectivity index (χ1n) is 8.73. The van der Waals surface area contributed by atoms with Crippen LogP contribution in [-0.4, -0.2) is 30.5 Å². The summed E-state index contributed by atoms with van der Waals surface area (Å²) in [6, 6.07) is 12.4. The van der Waals surface area contributed by atoms with E-state index in [1.54, 1.807) is 12.1 Å². The molecule has 28 heavy (non-hydrogen) atoms. The smallest absolute Gasteiger partial charge is 0.284 e. The summed E-state index contributed by atoms with van der Waals surface area (Å²) in [4.78, 5) is 24.9. The molecule has 0 saturated carbocycles. The quantitative estimate of drug-likeness (QED) is 0.418. The minimum absolute atomic E-state index is 0. The topological polar surface area (TPSA) is 84.3 Å². The summed E-state index contributed by atoms with van der Waals surface area (Å²) in [5.41, 5.74) is 2.53. The van der Waals surface area contributed by atoms with E-state index in [2.05, 4.69) is 16.7 Å². The van der Waals surface area contributed by atoms with E-state index in [0.29, 0.717) is 17.0 Å². The highest BCUT2D eigenvalue weighted by Crippen LogP contribution is 2.35. The lowest BCUT2D eigenvalue weighted by atomic mass is 10.1. The van der Waals surface area contributed by atoms with Crippen LogP contribution in [0.15, 0.2) is 63.9 Å². The summed E-state index contributed by atoms with van der Waals surface area (Å²) in [7, 11) is 0. The Bertz CT molecular complexity index is 885. The summed E-state index contributed by atoms with van der Waals surface area (Å²) < 4.78 is 0. The second kappa shape index (κ2) is 10.3. The number of carbonyl (C=O) groups excluding carboxylic acids is 1. The molecule has 0 saturated heterocycles. The maximum Gasteiger partial charge on any atom is 0.284 e. The van der Waals surface area contributed by atoms with Gasteiger partial charge in [-0.25, -0.2) is 0 Å². The molecule has 0 aliphatic carbocycles. The standard InChI is InChI=1S/C20H21N3O3S.ClH/c1-14-2-5-17(6-3-14)27-19-7-4-16(12-18(19)23(25)26)20(24)22-13-15-8-10-21-11-9-15;/h2-8,12,21H,9-11,13H2,1H3,(H,22,24);1H. The minimum atomic E-state index is -0.442. The summed E-state index contributed by atoms with van der Waals surface area (Å²) >= 11 is 1.32. The number of aryl methyl sites for hydroxylation is 1. The van der Waals surface area contributed by atoms with Crippen LogP contribution < -0.4 is 10.6 Å². The van der Waals surface area contributed by atoms with E-state index in [0.717, 1.165) is 30.0 Å². The van der Waals surface area contributed by atoms with Gasteiger partial charge in [-0.15, -0.1) is 12.4 Å². The van der Waals surface area contributed by atoms with Gasteiger partial charge in [0.15, 0.2) is 0 Å². The number of halogens is 1. The van der Waals surface area contributed by atoms with E-state index in [4.69, 9.17) is 0 Å². The van der Waals surface area contributed by atoms with Gasteiger partial charge in [-0.1, -0.05) is 41.1 Å². The number of amides is 1. The lowest BCUT2D eigenvalue weighted by Crippen LogP contribution is -2.29. The van der Waals surface area contributed by atoms with Crippen LogP contribution in [0.2, 0.25) is 0 Å². The fraction of sp³-hybridized carbons (Fsp3) is 0.250. The van der Waals surface area contributed by atoms with Gasteiger partial charge in [0, 0.05) is 29.6 Å². The fourth-order valence-electron chi connectivity index (χ4n) is 2.75. The van der Waals surface area contributed by atoms with Gasteiger partial charge >= 0.3 is 0 Å². The van der Waals surface area contributed by atoms with Crippen LogP contribution in [0, 0.1) is 17.0 Å². The molecule has 3 rings (SSSR count). The molecule has 1 aliphatic heterocycles. The van der Waals surface area contributed by atoms with Gasteiger partial charge < -0.3 is 10.6 Å². The third kappa shape index (κ3) is 5.82. The van der Waals surface area contributed by atoms with E-state index in [1.165, 1.54) is 23.4 Å². The van der Waals surface area contributed by atoms with Crippen molar-refractivity contribution < 1.29 is 9.72 Å². The van der Waals surface area contributed by atoms with Crippen molar-refractivity contribution >= 4 is 35.8 Å². The Hall–Kier alpha value is -2.35. The lowest BCUT2D eigenvalue weighted by molar-refractivity contribution is -0.387. The molecule has 1 amide bonds. The predicted molar refractivity (Wildman–Crippen MR) is 114 cm³/mol. The van der Waals surface area contributed by atoms with Gasteiger partial charge in [0.05, 0.1) is 9.82 Å². The molecular formula is C20H22ClN3O3S. The number of carbonyl (C=O) groups is 1. The molecule has 2 aromatic carbocycles. The average molecular weight is 420 g/mol. The highest BCUT2D eigenvalue weighted by molar-refractivity contribution is 7.99. The SMILES string of the molecule is Cc1ccc(Sc2ccc(C(=O)NCC3=CCNCC3)cc2[N+](=O)[O-])cc1.Cl. The Balaban J connectivity index is 0.00000280. The van der Waals surface area contributed by atoms with Crippen molar-refractivity contribution in [3.05, 3.63) is 75.4 Å². The van der Waals surface area contributed by atoms with Gasteiger partial charge in [0.2, 0.25) is 0 Å². The monoisotopic (exact) mass is 419 g/mol. The van der Waals surface area contributed by atoms with Crippen LogP contribution in [0.25, 0.3) is 0 Å². The van der Waals surface area contributed by atoms with Crippen LogP contribution in [0.1, 0.15) is 22.3 Å². The van der Waals surface area contributed by atoms with E-state index < -0.39 is 4.92 Å². The van der Waals surface area contributed by atoms with Gasteiger partial charge in [-0.05, 0) is 44.2 Å². The first-order chi connectivity index (χ1) is 13.0. The molecular weight excluding hydrogens is 398 g/mol. The van der Waals surface area contributed by atoms with Crippen molar-refractivity contribution in [1.82, 2.24) is 10.6 Å². The molecule has 1 heterocycles. The van der Waals surface area contributed by atoms with Crippen LogP contribution in [0.3, 0.4) is 0 Å². The first-order valence-corrected chi connectivity index (χ1v) is 9.54. The van der Waals surface area contributed by atoms with Crippen LogP contribution in [0.4, 0.5) is 5.69 Å². The number of benzene rings is 2. The van der Waals surface area contributed by atoms with Gasteiger partial charge in [0.25, 0.3) is 11.6 Å². The second-order valence-corrected chi connectivity index (χ2v) is 7.47. The Morgan fingerprint density at radius 2 is 2.00 bits per heavy atom. The molecule has 2 N–H and O–H groups in total. The second-order valence-electron chi connectivity index (χ2n) is 6.35. The molecule has 0 unspecified atom stereocenters. The Kier molecular flexibility index (Phi) is 8.04. The fourth-order valence-corrected chi connectivity index (χ4v) is 3.65. The molecule has 0 aromatic heterocycles. The third-order valence-electron chi connectivity index (χ3n) is 4.30. The average Bonchev–Trinajstić information content (AvgIpc) is 2.69. The molecule has 0 radical (unpaired) electrons. The van der Waals surface area contributed by atoms with Crippen LogP contribution in [0.5, 0.6) is 0 Å². The number of nitrogens with zero attached hydrogens (tertiary/aromatic N) is 1. The number of nitro groups is 1. The zero-order valence-corrected chi connectivity index (χ0v) is 17.1. The van der Waals surface area contributed by atoms with Crippen LogP contribution in [-0.2, 0) is 0 Å². The number of nitro benzene ring substituents is 1. The molecule has 0 fully saturated rings. The zero-order valence-electron chi connectivity index (χ0n) is 15.4. The van der Waals surface area contributed by atoms with E-state index in [-0.39, 0.29) is 24.0 Å².